The smallest absolute Gasteiger partial charge is 0.186 e. The molecule has 0 saturated heterocycles. The maximum Gasteiger partial charge on any atom is 0.186 e. The summed E-state index contributed by atoms with van der Waals surface area (Å²) in [6, 6.07) is 4.17. The Balaban J connectivity index is 2.46. The molecule has 0 aromatic heterocycles. The molecule has 0 aliphatic heterocycles. The molecule has 1 aromatic rings. The van der Waals surface area contributed by atoms with Gasteiger partial charge < -0.3 is 4.74 Å². The van der Waals surface area contributed by atoms with Gasteiger partial charge in [-0.05, 0) is 44.1 Å². The molecule has 0 amide bonds. The van der Waals surface area contributed by atoms with Gasteiger partial charge in [-0.15, -0.1) is 0 Å². The summed E-state index contributed by atoms with van der Waals surface area (Å²) in [5, 5.41) is 0. The molecule has 21 heavy (non-hydrogen) atoms. The van der Waals surface area contributed by atoms with E-state index >= 15 is 0 Å². The van der Waals surface area contributed by atoms with Gasteiger partial charge in [0.1, 0.15) is 11.6 Å². The van der Waals surface area contributed by atoms with E-state index in [-0.39, 0.29) is 5.78 Å². The summed E-state index contributed by atoms with van der Waals surface area (Å²) in [6.07, 6.45) is 3.76. The Labute approximate surface area is 126 Å². The second kappa shape index (κ2) is 6.56. The highest BCUT2D eigenvalue weighted by molar-refractivity contribution is 6.05. The van der Waals surface area contributed by atoms with E-state index in [0.29, 0.717) is 11.3 Å². The molecule has 0 spiro atoms. The molecule has 0 atom stereocenters. The van der Waals surface area contributed by atoms with Crippen molar-refractivity contribution in [2.45, 2.75) is 45.1 Å². The zero-order chi connectivity index (χ0) is 15.5. The van der Waals surface area contributed by atoms with Crippen molar-refractivity contribution in [3.05, 3.63) is 29.6 Å². The van der Waals surface area contributed by atoms with Crippen molar-refractivity contribution in [1.29, 1.82) is 0 Å². The fourth-order valence-corrected chi connectivity index (χ4v) is 3.58. The van der Waals surface area contributed by atoms with Crippen molar-refractivity contribution < 1.29 is 13.9 Å². The van der Waals surface area contributed by atoms with Crippen LogP contribution >= 0.6 is 0 Å². The third-order valence-electron chi connectivity index (χ3n) is 4.63. The Morgan fingerprint density at radius 2 is 1.90 bits per heavy atom. The second-order valence-electron chi connectivity index (χ2n) is 5.58. The Hall–Kier alpha value is -1.42. The van der Waals surface area contributed by atoms with Crippen molar-refractivity contribution in [3.8, 4) is 5.75 Å². The average molecular weight is 293 g/mol. The monoisotopic (exact) mass is 293 g/mol. The number of carbonyl (C=O) groups is 1. The third kappa shape index (κ3) is 2.82. The number of carbonyl (C=O) groups excluding carboxylic acids is 1. The number of methoxy groups -OCH3 is 1. The summed E-state index contributed by atoms with van der Waals surface area (Å²) in [5.41, 5.74) is -0.129. The molecule has 0 radical (unpaired) electrons. The number of ketones is 1. The third-order valence-corrected chi connectivity index (χ3v) is 4.63. The Kier molecular flexibility index (Phi) is 4.99. The fraction of sp³-hybridized carbons (Fsp3) is 0.588. The lowest BCUT2D eigenvalue weighted by atomic mass is 9.85. The number of halogens is 1. The second-order valence-corrected chi connectivity index (χ2v) is 5.58. The van der Waals surface area contributed by atoms with Crippen molar-refractivity contribution >= 4 is 5.78 Å². The number of likely N-dealkylation sites (N-methyl/N-ethyl adjacent to an activating group) is 1. The van der Waals surface area contributed by atoms with E-state index in [1.165, 1.54) is 25.3 Å². The van der Waals surface area contributed by atoms with Crippen molar-refractivity contribution in [2.24, 2.45) is 0 Å². The van der Waals surface area contributed by atoms with E-state index in [1.54, 1.807) is 0 Å². The molecule has 1 aromatic carbocycles. The summed E-state index contributed by atoms with van der Waals surface area (Å²) >= 11 is 0. The largest absolute Gasteiger partial charge is 0.496 e. The minimum Gasteiger partial charge on any atom is -0.496 e. The SMILES string of the molecule is CCN(CC)C1(C(=O)c2cc(F)ccc2OC)CCCC1. The first-order valence-corrected chi connectivity index (χ1v) is 7.72. The minimum atomic E-state index is -0.495. The molecular weight excluding hydrogens is 269 g/mol. The van der Waals surface area contributed by atoms with Gasteiger partial charge in [0.25, 0.3) is 0 Å². The molecule has 1 fully saturated rings. The Morgan fingerprint density at radius 1 is 1.29 bits per heavy atom. The lowest BCUT2D eigenvalue weighted by molar-refractivity contribution is 0.0581. The van der Waals surface area contributed by atoms with Crippen LogP contribution in [0.1, 0.15) is 49.9 Å². The molecule has 116 valence electrons. The molecule has 0 bridgehead atoms. The zero-order valence-electron chi connectivity index (χ0n) is 13.1. The number of hydrogen-bond donors (Lipinski definition) is 0. The number of rotatable bonds is 6. The Bertz CT molecular complexity index is 506. The maximum atomic E-state index is 13.6. The van der Waals surface area contributed by atoms with Gasteiger partial charge in [-0.1, -0.05) is 26.7 Å². The molecule has 1 saturated carbocycles. The molecule has 0 unspecified atom stereocenters. The molecule has 0 heterocycles. The summed E-state index contributed by atoms with van der Waals surface area (Å²) < 4.78 is 18.9. The highest BCUT2D eigenvalue weighted by atomic mass is 19.1. The average Bonchev–Trinajstić information content (AvgIpc) is 2.98. The number of benzene rings is 1. The lowest BCUT2D eigenvalue weighted by Gasteiger charge is -2.39. The van der Waals surface area contributed by atoms with E-state index in [1.807, 2.05) is 0 Å². The molecule has 1 aliphatic rings. The van der Waals surface area contributed by atoms with Crippen LogP contribution in [0.4, 0.5) is 4.39 Å². The van der Waals surface area contributed by atoms with E-state index in [4.69, 9.17) is 4.74 Å². The molecule has 0 N–H and O–H groups in total. The van der Waals surface area contributed by atoms with Crippen molar-refractivity contribution in [3.63, 3.8) is 0 Å². The summed E-state index contributed by atoms with van der Waals surface area (Å²) in [6.45, 7) is 5.78. The van der Waals surface area contributed by atoms with Crippen LogP contribution in [0.15, 0.2) is 18.2 Å². The Morgan fingerprint density at radius 3 is 2.43 bits per heavy atom. The number of Topliss-reactive ketones (excluding diaryl/α,β-unsaturated/α-hetero) is 1. The molecule has 1 aliphatic carbocycles. The van der Waals surface area contributed by atoms with E-state index in [0.717, 1.165) is 38.8 Å². The van der Waals surface area contributed by atoms with Gasteiger partial charge in [0, 0.05) is 0 Å². The van der Waals surface area contributed by atoms with E-state index in [2.05, 4.69) is 18.7 Å². The van der Waals surface area contributed by atoms with Crippen LogP contribution < -0.4 is 4.74 Å². The van der Waals surface area contributed by atoms with E-state index < -0.39 is 11.4 Å². The molecule has 4 heteroatoms. The quantitative estimate of drug-likeness (QED) is 0.749. The van der Waals surface area contributed by atoms with Crippen LogP contribution in [0.5, 0.6) is 5.75 Å². The van der Waals surface area contributed by atoms with Gasteiger partial charge >= 0.3 is 0 Å². The first-order valence-electron chi connectivity index (χ1n) is 7.72. The van der Waals surface area contributed by atoms with Crippen molar-refractivity contribution in [2.75, 3.05) is 20.2 Å². The van der Waals surface area contributed by atoms with Gasteiger partial charge in [0.05, 0.1) is 18.2 Å². The molecular formula is C17H24FNO2. The van der Waals surface area contributed by atoms with Gasteiger partial charge in [0.15, 0.2) is 5.78 Å². The van der Waals surface area contributed by atoms with Crippen LogP contribution in [0.25, 0.3) is 0 Å². The molecule has 3 nitrogen and oxygen atoms in total. The topological polar surface area (TPSA) is 29.5 Å². The zero-order valence-corrected chi connectivity index (χ0v) is 13.1. The van der Waals surface area contributed by atoms with Gasteiger partial charge in [-0.25, -0.2) is 4.39 Å². The van der Waals surface area contributed by atoms with Crippen LogP contribution in [0, 0.1) is 5.82 Å². The number of hydrogen-bond acceptors (Lipinski definition) is 3. The predicted octanol–water partition coefficient (Wildman–Crippen LogP) is 3.67. The van der Waals surface area contributed by atoms with Gasteiger partial charge in [0.2, 0.25) is 0 Å². The normalized spacial score (nSPS) is 17.2. The van der Waals surface area contributed by atoms with Crippen LogP contribution in [-0.2, 0) is 0 Å². The fourth-order valence-electron chi connectivity index (χ4n) is 3.58. The van der Waals surface area contributed by atoms with Crippen molar-refractivity contribution in [1.82, 2.24) is 4.90 Å². The first-order chi connectivity index (χ1) is 10.1. The van der Waals surface area contributed by atoms with Crippen LogP contribution in [0.2, 0.25) is 0 Å². The van der Waals surface area contributed by atoms with Gasteiger partial charge in [-0.2, -0.15) is 0 Å². The molecule has 2 rings (SSSR count). The van der Waals surface area contributed by atoms with E-state index in [9.17, 15) is 9.18 Å². The summed E-state index contributed by atoms with van der Waals surface area (Å²) in [7, 11) is 1.52. The minimum absolute atomic E-state index is 0.0000463. The number of nitrogens with zero attached hydrogens (tertiary/aromatic N) is 1. The first kappa shape index (κ1) is 16.0. The van der Waals surface area contributed by atoms with Crippen LogP contribution in [0.3, 0.4) is 0 Å². The maximum absolute atomic E-state index is 13.6. The lowest BCUT2D eigenvalue weighted by Crippen LogP contribution is -2.52. The van der Waals surface area contributed by atoms with Crippen LogP contribution in [-0.4, -0.2) is 36.4 Å². The summed E-state index contributed by atoms with van der Waals surface area (Å²) in [5.74, 6) is 0.0618. The predicted molar refractivity (Wildman–Crippen MR) is 81.4 cm³/mol. The van der Waals surface area contributed by atoms with Gasteiger partial charge in [-0.3, -0.25) is 9.69 Å². The summed E-state index contributed by atoms with van der Waals surface area (Å²) in [4.78, 5) is 15.4. The highest BCUT2D eigenvalue weighted by Crippen LogP contribution is 2.39. The number of ether oxygens (including phenoxy) is 1. The highest BCUT2D eigenvalue weighted by Gasteiger charge is 2.45. The standard InChI is InChI=1S/C17H24FNO2/c1-4-19(5-2)17(10-6-7-11-17)16(20)14-12-13(18)8-9-15(14)21-3/h8-9,12H,4-7,10-11H2,1-3H3.